The molecule has 3 aromatic rings. The number of para-hydroxylation sites is 1. The van der Waals surface area contributed by atoms with E-state index in [9.17, 15) is 4.79 Å². The third kappa shape index (κ3) is 1.54. The Morgan fingerprint density at radius 2 is 2.00 bits per heavy atom. The molecule has 1 N–H and O–H groups in total. The molecule has 0 aliphatic heterocycles. The van der Waals surface area contributed by atoms with Crippen molar-refractivity contribution in [2.24, 2.45) is 7.05 Å². The zero-order valence-electron chi connectivity index (χ0n) is 9.34. The van der Waals surface area contributed by atoms with Crippen molar-refractivity contribution in [2.75, 3.05) is 0 Å². The Labute approximate surface area is 97.5 Å². The summed E-state index contributed by atoms with van der Waals surface area (Å²) in [6.45, 7) is 0. The SMILES string of the molecule is Cn1cc(-c2ccc(=O)[nH]n2)c2ccccc21. The molecule has 4 heteroatoms. The fraction of sp³-hybridized carbons (Fsp3) is 0.0769. The maximum absolute atomic E-state index is 11.0. The van der Waals surface area contributed by atoms with Gasteiger partial charge in [0, 0.05) is 35.8 Å². The number of hydrogen-bond donors (Lipinski definition) is 1. The smallest absolute Gasteiger partial charge is 0.264 e. The monoisotopic (exact) mass is 225 g/mol. The minimum Gasteiger partial charge on any atom is -0.350 e. The summed E-state index contributed by atoms with van der Waals surface area (Å²) in [5.41, 5.74) is 2.77. The van der Waals surface area contributed by atoms with Crippen molar-refractivity contribution in [3.8, 4) is 11.3 Å². The van der Waals surface area contributed by atoms with Gasteiger partial charge in [0.1, 0.15) is 0 Å². The number of fused-ring (bicyclic) bond motifs is 1. The fourth-order valence-electron chi connectivity index (χ4n) is 2.04. The van der Waals surface area contributed by atoms with Gasteiger partial charge in [-0.2, -0.15) is 5.10 Å². The molecule has 3 rings (SSSR count). The molecule has 0 aliphatic carbocycles. The van der Waals surface area contributed by atoms with Crippen LogP contribution in [0.1, 0.15) is 0 Å². The van der Waals surface area contributed by atoms with E-state index in [1.54, 1.807) is 6.07 Å². The quantitative estimate of drug-likeness (QED) is 0.688. The van der Waals surface area contributed by atoms with Gasteiger partial charge in [0.25, 0.3) is 5.56 Å². The van der Waals surface area contributed by atoms with E-state index >= 15 is 0 Å². The molecule has 4 nitrogen and oxygen atoms in total. The fourth-order valence-corrected chi connectivity index (χ4v) is 2.04. The number of aromatic nitrogens is 3. The number of aryl methyl sites for hydroxylation is 1. The molecule has 0 amide bonds. The highest BCUT2D eigenvalue weighted by Gasteiger charge is 2.08. The first-order valence-corrected chi connectivity index (χ1v) is 5.36. The standard InChI is InChI=1S/C13H11N3O/c1-16-8-10(9-4-2-3-5-12(9)16)11-6-7-13(17)15-14-11/h2-8H,1H3,(H,15,17). The number of nitrogens with zero attached hydrogens (tertiary/aromatic N) is 2. The topological polar surface area (TPSA) is 50.7 Å². The maximum atomic E-state index is 11.0. The van der Waals surface area contributed by atoms with Gasteiger partial charge in [-0.15, -0.1) is 0 Å². The normalized spacial score (nSPS) is 10.9. The number of hydrogen-bond acceptors (Lipinski definition) is 2. The first-order chi connectivity index (χ1) is 8.25. The van der Waals surface area contributed by atoms with E-state index in [0.717, 1.165) is 22.2 Å². The number of benzene rings is 1. The molecular formula is C13H11N3O. The Bertz CT molecular complexity index is 719. The first kappa shape index (κ1) is 9.84. The van der Waals surface area contributed by atoms with Crippen LogP contribution in [0, 0.1) is 0 Å². The third-order valence-corrected chi connectivity index (χ3v) is 2.85. The number of aromatic amines is 1. The number of H-pyrrole nitrogens is 1. The molecule has 0 fully saturated rings. The van der Waals surface area contributed by atoms with E-state index in [4.69, 9.17) is 0 Å². The van der Waals surface area contributed by atoms with Gasteiger partial charge in [-0.25, -0.2) is 5.10 Å². The van der Waals surface area contributed by atoms with Gasteiger partial charge in [-0.3, -0.25) is 4.79 Å². The van der Waals surface area contributed by atoms with Crippen LogP contribution in [-0.2, 0) is 7.05 Å². The van der Waals surface area contributed by atoms with Crippen molar-refractivity contribution < 1.29 is 0 Å². The Morgan fingerprint density at radius 1 is 1.18 bits per heavy atom. The lowest BCUT2D eigenvalue weighted by molar-refractivity contribution is 0.963. The number of nitrogens with one attached hydrogen (secondary N) is 1. The van der Waals surface area contributed by atoms with E-state index in [1.165, 1.54) is 6.07 Å². The van der Waals surface area contributed by atoms with Crippen LogP contribution in [0.3, 0.4) is 0 Å². The van der Waals surface area contributed by atoms with Crippen LogP contribution in [-0.4, -0.2) is 14.8 Å². The lowest BCUT2D eigenvalue weighted by Crippen LogP contribution is -2.05. The summed E-state index contributed by atoms with van der Waals surface area (Å²) in [4.78, 5) is 11.0. The minimum atomic E-state index is -0.186. The molecule has 0 saturated carbocycles. The average molecular weight is 225 g/mol. The first-order valence-electron chi connectivity index (χ1n) is 5.36. The van der Waals surface area contributed by atoms with Crippen LogP contribution >= 0.6 is 0 Å². The Balaban J connectivity index is 2.30. The zero-order chi connectivity index (χ0) is 11.8. The van der Waals surface area contributed by atoms with Gasteiger partial charge in [-0.05, 0) is 12.1 Å². The van der Waals surface area contributed by atoms with Crippen molar-refractivity contribution in [1.29, 1.82) is 0 Å². The van der Waals surface area contributed by atoms with Crippen molar-refractivity contribution >= 4 is 10.9 Å². The van der Waals surface area contributed by atoms with Crippen molar-refractivity contribution in [3.63, 3.8) is 0 Å². The molecule has 0 aliphatic rings. The predicted molar refractivity (Wildman–Crippen MR) is 66.8 cm³/mol. The zero-order valence-corrected chi connectivity index (χ0v) is 9.34. The third-order valence-electron chi connectivity index (χ3n) is 2.85. The molecule has 0 spiro atoms. The lowest BCUT2D eigenvalue weighted by Gasteiger charge is -1.96. The lowest BCUT2D eigenvalue weighted by atomic mass is 10.1. The molecule has 2 heterocycles. The Hall–Kier alpha value is -2.36. The largest absolute Gasteiger partial charge is 0.350 e. The summed E-state index contributed by atoms with van der Waals surface area (Å²) in [5.74, 6) is 0. The van der Waals surface area contributed by atoms with Crippen molar-refractivity contribution in [3.05, 3.63) is 52.9 Å². The summed E-state index contributed by atoms with van der Waals surface area (Å²) in [7, 11) is 2.00. The molecule has 0 atom stereocenters. The highest BCUT2D eigenvalue weighted by Crippen LogP contribution is 2.27. The van der Waals surface area contributed by atoms with E-state index in [-0.39, 0.29) is 5.56 Å². The second-order valence-corrected chi connectivity index (χ2v) is 3.98. The van der Waals surface area contributed by atoms with Crippen molar-refractivity contribution in [1.82, 2.24) is 14.8 Å². The van der Waals surface area contributed by atoms with Crippen LogP contribution in [0.4, 0.5) is 0 Å². The van der Waals surface area contributed by atoms with Gasteiger partial charge < -0.3 is 4.57 Å². The summed E-state index contributed by atoms with van der Waals surface area (Å²) in [6, 6.07) is 11.3. The molecule has 84 valence electrons. The molecule has 0 unspecified atom stereocenters. The molecule has 1 aromatic carbocycles. The summed E-state index contributed by atoms with van der Waals surface area (Å²) in [6.07, 6.45) is 2.02. The van der Waals surface area contributed by atoms with E-state index < -0.39 is 0 Å². The molecule has 17 heavy (non-hydrogen) atoms. The average Bonchev–Trinajstić information content (AvgIpc) is 2.69. The molecule has 2 aromatic heterocycles. The van der Waals surface area contributed by atoms with Crippen LogP contribution in [0.2, 0.25) is 0 Å². The van der Waals surface area contributed by atoms with Crippen molar-refractivity contribution in [2.45, 2.75) is 0 Å². The molecular weight excluding hydrogens is 214 g/mol. The minimum absolute atomic E-state index is 0.186. The Morgan fingerprint density at radius 3 is 2.76 bits per heavy atom. The molecule has 0 radical (unpaired) electrons. The molecule has 0 saturated heterocycles. The second-order valence-electron chi connectivity index (χ2n) is 3.98. The van der Waals surface area contributed by atoms with E-state index in [1.807, 2.05) is 25.4 Å². The van der Waals surface area contributed by atoms with Gasteiger partial charge in [0.05, 0.1) is 5.69 Å². The predicted octanol–water partition coefficient (Wildman–Crippen LogP) is 1.93. The van der Waals surface area contributed by atoms with Gasteiger partial charge in [0.15, 0.2) is 0 Å². The summed E-state index contributed by atoms with van der Waals surface area (Å²) < 4.78 is 2.05. The van der Waals surface area contributed by atoms with E-state index in [0.29, 0.717) is 0 Å². The van der Waals surface area contributed by atoms with Crippen LogP contribution < -0.4 is 5.56 Å². The second kappa shape index (κ2) is 3.59. The van der Waals surface area contributed by atoms with Crippen LogP contribution in [0.5, 0.6) is 0 Å². The number of rotatable bonds is 1. The summed E-state index contributed by atoms with van der Waals surface area (Å²) >= 11 is 0. The summed E-state index contributed by atoms with van der Waals surface area (Å²) in [5, 5.41) is 7.65. The Kier molecular flexibility index (Phi) is 2.08. The molecule has 0 bridgehead atoms. The van der Waals surface area contributed by atoms with E-state index in [2.05, 4.69) is 26.9 Å². The van der Waals surface area contributed by atoms with Gasteiger partial charge >= 0.3 is 0 Å². The van der Waals surface area contributed by atoms with Crippen LogP contribution in [0.25, 0.3) is 22.2 Å². The highest BCUT2D eigenvalue weighted by molar-refractivity contribution is 5.94. The maximum Gasteiger partial charge on any atom is 0.264 e. The van der Waals surface area contributed by atoms with Crippen LogP contribution in [0.15, 0.2) is 47.4 Å². The highest BCUT2D eigenvalue weighted by atomic mass is 16.1. The van der Waals surface area contributed by atoms with Gasteiger partial charge in [0.2, 0.25) is 0 Å². The van der Waals surface area contributed by atoms with Gasteiger partial charge in [-0.1, -0.05) is 18.2 Å².